The molecule has 0 aromatic rings. The maximum atomic E-state index is 13.7. The van der Waals surface area contributed by atoms with Gasteiger partial charge in [-0.1, -0.05) is 90.9 Å². The zero-order chi connectivity index (χ0) is 33.8. The van der Waals surface area contributed by atoms with Gasteiger partial charge < -0.3 is 26.6 Å². The lowest BCUT2D eigenvalue weighted by Gasteiger charge is -2.31. The van der Waals surface area contributed by atoms with Crippen molar-refractivity contribution in [3.63, 3.8) is 0 Å². The molecule has 15 nitrogen and oxygen atoms in total. The van der Waals surface area contributed by atoms with Gasteiger partial charge in [-0.25, -0.2) is 45.3 Å². The molecule has 46 heavy (non-hydrogen) atoms. The Morgan fingerprint density at radius 3 is 1.61 bits per heavy atom. The van der Waals surface area contributed by atoms with Crippen molar-refractivity contribution in [2.24, 2.45) is 0 Å². The van der Waals surface area contributed by atoms with Crippen molar-refractivity contribution in [2.45, 2.75) is 135 Å². The van der Waals surface area contributed by atoms with Gasteiger partial charge in [-0.2, -0.15) is 0 Å². The summed E-state index contributed by atoms with van der Waals surface area (Å²) in [4.78, 5) is 63.3. The number of hydrogen-bond donors (Lipinski definition) is 8. The van der Waals surface area contributed by atoms with Crippen LogP contribution < -0.4 is 42.9 Å². The van der Waals surface area contributed by atoms with Gasteiger partial charge in [0.25, 0.3) is 0 Å². The Kier molecular flexibility index (Phi) is 23.3. The van der Waals surface area contributed by atoms with E-state index in [0.29, 0.717) is 26.1 Å². The van der Waals surface area contributed by atoms with Crippen LogP contribution in [0.25, 0.3) is 0 Å². The highest BCUT2D eigenvalue weighted by atomic mass is 16.2. The first kappa shape index (κ1) is 40.4. The Hall–Kier alpha value is -3.65. The highest BCUT2D eigenvalue weighted by Crippen LogP contribution is 2.17. The Morgan fingerprint density at radius 2 is 1.04 bits per heavy atom. The number of carbonyl (C=O) groups is 5. The molecule has 1 aliphatic carbocycles. The molecule has 1 rings (SSSR count). The van der Waals surface area contributed by atoms with E-state index in [1.54, 1.807) is 7.05 Å². The van der Waals surface area contributed by atoms with Gasteiger partial charge in [-0.15, -0.1) is 5.12 Å². The molecule has 0 bridgehead atoms. The second-order valence-corrected chi connectivity index (χ2v) is 11.8. The van der Waals surface area contributed by atoms with E-state index >= 15 is 0 Å². The van der Waals surface area contributed by atoms with Crippen LogP contribution in [0.1, 0.15) is 129 Å². The average Bonchev–Trinajstić information content (AvgIpc) is 3.04. The van der Waals surface area contributed by atoms with Crippen LogP contribution in [0.15, 0.2) is 0 Å². The summed E-state index contributed by atoms with van der Waals surface area (Å²) in [6, 6.07) is -2.76. The lowest BCUT2D eigenvalue weighted by Crippen LogP contribution is -2.65. The molecular formula is C31H62N10O5. The van der Waals surface area contributed by atoms with Crippen LogP contribution in [-0.4, -0.2) is 79.6 Å². The molecular weight excluding hydrogens is 592 g/mol. The monoisotopic (exact) mass is 654 g/mol. The first-order valence-electron chi connectivity index (χ1n) is 17.5. The van der Waals surface area contributed by atoms with Crippen LogP contribution in [-0.2, 0) is 0 Å². The normalized spacial score (nSPS) is 12.8. The number of hydrazine groups is 3. The molecule has 1 aliphatic rings. The summed E-state index contributed by atoms with van der Waals surface area (Å²) in [6.07, 6.45) is 16.7. The summed E-state index contributed by atoms with van der Waals surface area (Å²) >= 11 is 0. The predicted octanol–water partition coefficient (Wildman–Crippen LogP) is 4.73. The molecule has 0 spiro atoms. The molecule has 0 unspecified atom stereocenters. The molecule has 0 radical (unpaired) electrons. The number of carbonyl (C=O) groups excluding carboxylic acids is 5. The third-order valence-electron chi connectivity index (χ3n) is 7.73. The van der Waals surface area contributed by atoms with Gasteiger partial charge in [-0.3, -0.25) is 0 Å². The Morgan fingerprint density at radius 1 is 0.565 bits per heavy atom. The van der Waals surface area contributed by atoms with E-state index in [4.69, 9.17) is 0 Å². The molecule has 266 valence electrons. The van der Waals surface area contributed by atoms with Gasteiger partial charge in [0, 0.05) is 39.3 Å². The van der Waals surface area contributed by atoms with E-state index in [0.717, 1.165) is 119 Å². The van der Waals surface area contributed by atoms with E-state index in [2.05, 4.69) is 56.7 Å². The zero-order valence-corrected chi connectivity index (χ0v) is 28.6. The summed E-state index contributed by atoms with van der Waals surface area (Å²) in [5.74, 6) is 0. The van der Waals surface area contributed by atoms with Crippen molar-refractivity contribution in [1.82, 2.24) is 53.0 Å². The third-order valence-corrected chi connectivity index (χ3v) is 7.73. The van der Waals surface area contributed by atoms with Crippen molar-refractivity contribution in [3.05, 3.63) is 0 Å². The molecule has 10 amide bonds. The summed E-state index contributed by atoms with van der Waals surface area (Å²) in [6.45, 7) is 5.78. The molecule has 0 aromatic heterocycles. The Bertz CT molecular complexity index is 873. The number of urea groups is 5. The predicted molar refractivity (Wildman–Crippen MR) is 179 cm³/mol. The van der Waals surface area contributed by atoms with Gasteiger partial charge >= 0.3 is 30.2 Å². The van der Waals surface area contributed by atoms with Crippen LogP contribution in [0, 0.1) is 0 Å². The number of nitrogens with zero attached hydrogens (tertiary/aromatic N) is 2. The third kappa shape index (κ3) is 20.4. The van der Waals surface area contributed by atoms with Crippen molar-refractivity contribution in [3.8, 4) is 0 Å². The molecule has 0 atom stereocenters. The minimum atomic E-state index is -0.802. The first-order valence-corrected chi connectivity index (χ1v) is 17.5. The Labute approximate surface area is 275 Å². The van der Waals surface area contributed by atoms with Crippen LogP contribution >= 0.6 is 0 Å². The molecule has 1 saturated carbocycles. The SMILES string of the molecule is CCCCCCNC(=O)NN(NC(=O)NCCCCC)C(=O)N(CCCCCCCCNC(=O)NC)NC(=O)NC1CCCCC1. The van der Waals surface area contributed by atoms with Crippen LogP contribution in [0.4, 0.5) is 24.0 Å². The topological polar surface area (TPSA) is 188 Å². The number of nitrogens with one attached hydrogen (secondary N) is 8. The van der Waals surface area contributed by atoms with Gasteiger partial charge in [-0.05, 0) is 38.5 Å². The number of amides is 10. The van der Waals surface area contributed by atoms with Crippen molar-refractivity contribution < 1.29 is 24.0 Å². The van der Waals surface area contributed by atoms with Crippen LogP contribution in [0.5, 0.6) is 0 Å². The van der Waals surface area contributed by atoms with Gasteiger partial charge in [0.1, 0.15) is 0 Å². The fourth-order valence-corrected chi connectivity index (χ4v) is 5.04. The Balaban J connectivity index is 2.84. The quantitative estimate of drug-likeness (QED) is 0.0738. The van der Waals surface area contributed by atoms with Crippen molar-refractivity contribution in [2.75, 3.05) is 33.2 Å². The molecule has 0 aliphatic heterocycles. The van der Waals surface area contributed by atoms with Crippen molar-refractivity contribution in [1.29, 1.82) is 0 Å². The highest BCUT2D eigenvalue weighted by Gasteiger charge is 2.27. The lowest BCUT2D eigenvalue weighted by molar-refractivity contribution is 0.0933. The fraction of sp³-hybridized carbons (Fsp3) is 0.839. The highest BCUT2D eigenvalue weighted by molar-refractivity contribution is 5.85. The van der Waals surface area contributed by atoms with E-state index in [9.17, 15) is 24.0 Å². The minimum Gasteiger partial charge on any atom is -0.341 e. The average molecular weight is 655 g/mol. The lowest BCUT2D eigenvalue weighted by atomic mass is 9.96. The number of hydrogen-bond acceptors (Lipinski definition) is 5. The van der Waals surface area contributed by atoms with Gasteiger partial charge in [0.05, 0.1) is 0 Å². The molecule has 0 heterocycles. The van der Waals surface area contributed by atoms with Gasteiger partial charge in [0.15, 0.2) is 0 Å². The maximum absolute atomic E-state index is 13.7. The second kappa shape index (κ2) is 26.6. The number of rotatable bonds is 19. The molecule has 1 fully saturated rings. The zero-order valence-electron chi connectivity index (χ0n) is 28.6. The first-order chi connectivity index (χ1) is 22.3. The van der Waals surface area contributed by atoms with Crippen LogP contribution in [0.3, 0.4) is 0 Å². The van der Waals surface area contributed by atoms with E-state index in [1.807, 2.05) is 0 Å². The minimum absolute atomic E-state index is 0.0309. The number of unbranched alkanes of at least 4 members (excludes halogenated alkanes) is 10. The van der Waals surface area contributed by atoms with Gasteiger partial charge in [0.2, 0.25) is 0 Å². The maximum Gasteiger partial charge on any atom is 0.377 e. The molecule has 8 N–H and O–H groups in total. The largest absolute Gasteiger partial charge is 0.377 e. The summed E-state index contributed by atoms with van der Waals surface area (Å²) in [5, 5.41) is 15.5. The summed E-state index contributed by atoms with van der Waals surface area (Å²) < 4.78 is 0. The fourth-order valence-electron chi connectivity index (χ4n) is 5.04. The van der Waals surface area contributed by atoms with E-state index < -0.39 is 24.1 Å². The van der Waals surface area contributed by atoms with E-state index in [1.165, 1.54) is 0 Å². The molecule has 0 aromatic carbocycles. The second-order valence-electron chi connectivity index (χ2n) is 11.8. The molecule has 15 heteroatoms. The van der Waals surface area contributed by atoms with Crippen LogP contribution in [0.2, 0.25) is 0 Å². The standard InChI is InChI=1S/C31H62N10O5/c1-4-6-8-17-24-35-29(44)39-41(38-28(43)34-22-16-7-5-2)31(46)40(37-30(45)36-26-20-14-13-15-21-26)25-19-12-10-9-11-18-23-33-27(42)32-3/h26H,4-25H2,1-3H3,(H2,32,33,42)(H2,34,38,43)(H2,35,39,44)(H2,36,37,45). The van der Waals surface area contributed by atoms with E-state index in [-0.39, 0.29) is 18.6 Å². The van der Waals surface area contributed by atoms with Crippen molar-refractivity contribution >= 4 is 30.2 Å². The summed E-state index contributed by atoms with van der Waals surface area (Å²) in [5.41, 5.74) is 7.51. The summed E-state index contributed by atoms with van der Waals surface area (Å²) in [7, 11) is 1.58. The molecule has 0 saturated heterocycles. The smallest absolute Gasteiger partial charge is 0.341 e.